The molecule has 6 nitrogen and oxygen atoms in total. The number of ether oxygens (including phenoxy) is 2. The number of halogens is 1. The Morgan fingerprint density at radius 2 is 1.97 bits per heavy atom. The smallest absolute Gasteiger partial charge is 0.236 e. The predicted molar refractivity (Wildman–Crippen MR) is 119 cm³/mol. The summed E-state index contributed by atoms with van der Waals surface area (Å²) in [6, 6.07) is 13.8. The van der Waals surface area contributed by atoms with Crippen LogP contribution in [0, 0.1) is 0 Å². The summed E-state index contributed by atoms with van der Waals surface area (Å²) in [7, 11) is 1.68. The lowest BCUT2D eigenvalue weighted by Crippen LogP contribution is -2.51. The normalized spacial score (nSPS) is 19.6. The average molecular weight is 430 g/mol. The number of hydrogen-bond acceptors (Lipinski definition) is 5. The fourth-order valence-electron chi connectivity index (χ4n) is 4.14. The zero-order chi connectivity index (χ0) is 21.1. The Hall–Kier alpha value is -2.44. The van der Waals surface area contributed by atoms with Gasteiger partial charge < -0.3 is 19.3 Å². The Kier molecular flexibility index (Phi) is 6.35. The largest absolute Gasteiger partial charge is 0.497 e. The number of hydrogen-bond donors (Lipinski definition) is 0. The number of fused-ring (bicyclic) bond motifs is 1. The van der Waals surface area contributed by atoms with Crippen LogP contribution >= 0.6 is 11.6 Å². The zero-order valence-electron chi connectivity index (χ0n) is 17.5. The fraction of sp³-hybridized carbons (Fsp3) is 0.435. The van der Waals surface area contributed by atoms with Crippen LogP contribution in [-0.4, -0.2) is 68.2 Å². The summed E-state index contributed by atoms with van der Waals surface area (Å²) in [5, 5.41) is 0.687. The number of piperazine rings is 1. The van der Waals surface area contributed by atoms with Gasteiger partial charge in [-0.2, -0.15) is 0 Å². The molecular formula is C23H28ClN3O3. The molecule has 0 aliphatic carbocycles. The first kappa shape index (κ1) is 20.8. The van der Waals surface area contributed by atoms with Crippen LogP contribution in [0.25, 0.3) is 0 Å². The first-order valence-electron chi connectivity index (χ1n) is 10.4. The van der Waals surface area contributed by atoms with Gasteiger partial charge in [0.2, 0.25) is 5.91 Å². The first-order chi connectivity index (χ1) is 14.5. The summed E-state index contributed by atoms with van der Waals surface area (Å²) >= 11 is 6.16. The van der Waals surface area contributed by atoms with Gasteiger partial charge in [0.15, 0.2) is 0 Å². The van der Waals surface area contributed by atoms with Crippen molar-refractivity contribution in [1.82, 2.24) is 9.80 Å². The van der Waals surface area contributed by atoms with Crippen molar-refractivity contribution in [3.8, 4) is 11.5 Å². The van der Waals surface area contributed by atoms with Crippen molar-refractivity contribution in [1.29, 1.82) is 0 Å². The molecule has 1 fully saturated rings. The van der Waals surface area contributed by atoms with Gasteiger partial charge in [0.05, 0.1) is 13.7 Å². The molecular weight excluding hydrogens is 402 g/mol. The number of benzene rings is 2. The van der Waals surface area contributed by atoms with Gasteiger partial charge in [-0.25, -0.2) is 0 Å². The summed E-state index contributed by atoms with van der Waals surface area (Å²) < 4.78 is 11.3. The third-order valence-corrected chi connectivity index (χ3v) is 5.90. The van der Waals surface area contributed by atoms with Gasteiger partial charge in [-0.1, -0.05) is 17.7 Å². The van der Waals surface area contributed by atoms with Crippen molar-refractivity contribution in [2.75, 3.05) is 51.3 Å². The molecule has 0 N–H and O–H groups in total. The minimum atomic E-state index is 0.0186. The molecule has 0 aromatic heterocycles. The van der Waals surface area contributed by atoms with Gasteiger partial charge in [-0.05, 0) is 37.3 Å². The number of carbonyl (C=O) groups excluding carboxylic acids is 1. The van der Waals surface area contributed by atoms with Crippen LogP contribution in [0.1, 0.15) is 12.5 Å². The second kappa shape index (κ2) is 9.14. The van der Waals surface area contributed by atoms with Crippen LogP contribution in [0.4, 0.5) is 5.69 Å². The van der Waals surface area contributed by atoms with E-state index in [2.05, 4.69) is 15.9 Å². The first-order valence-corrected chi connectivity index (χ1v) is 10.7. The van der Waals surface area contributed by atoms with Crippen LogP contribution in [-0.2, 0) is 11.3 Å². The molecule has 4 rings (SSSR count). The maximum absolute atomic E-state index is 13.0. The number of carbonyl (C=O) groups is 1. The number of rotatable bonds is 4. The summed E-state index contributed by atoms with van der Waals surface area (Å²) in [6.07, 6.45) is 0.0186. The number of anilines is 1. The molecule has 2 heterocycles. The molecule has 2 aliphatic heterocycles. The van der Waals surface area contributed by atoms with E-state index in [0.717, 1.165) is 48.9 Å². The lowest BCUT2D eigenvalue weighted by Gasteiger charge is -2.37. The molecule has 2 aliphatic rings. The van der Waals surface area contributed by atoms with E-state index in [0.29, 0.717) is 24.7 Å². The van der Waals surface area contributed by atoms with Crippen molar-refractivity contribution in [2.24, 2.45) is 0 Å². The molecule has 0 bridgehead atoms. The van der Waals surface area contributed by atoms with Crippen molar-refractivity contribution in [2.45, 2.75) is 19.6 Å². The Morgan fingerprint density at radius 1 is 1.17 bits per heavy atom. The highest BCUT2D eigenvalue weighted by atomic mass is 35.5. The van der Waals surface area contributed by atoms with Gasteiger partial charge >= 0.3 is 0 Å². The van der Waals surface area contributed by atoms with E-state index in [-0.39, 0.29) is 12.0 Å². The quantitative estimate of drug-likeness (QED) is 0.746. The molecule has 0 radical (unpaired) electrons. The van der Waals surface area contributed by atoms with Gasteiger partial charge in [-0.3, -0.25) is 9.69 Å². The number of methoxy groups -OCH3 is 1. The van der Waals surface area contributed by atoms with E-state index in [1.807, 2.05) is 48.2 Å². The van der Waals surface area contributed by atoms with E-state index in [1.54, 1.807) is 7.11 Å². The van der Waals surface area contributed by atoms with Gasteiger partial charge in [0, 0.05) is 61.6 Å². The maximum Gasteiger partial charge on any atom is 0.236 e. The van der Waals surface area contributed by atoms with Crippen molar-refractivity contribution >= 4 is 23.2 Å². The minimum Gasteiger partial charge on any atom is -0.497 e. The van der Waals surface area contributed by atoms with E-state index in [4.69, 9.17) is 21.1 Å². The SMILES string of the molecule is COc1cccc(N2CCN(C(=O)CN3Cc4cc(Cl)ccc4O[C@H](C)C3)CC2)c1. The van der Waals surface area contributed by atoms with Crippen molar-refractivity contribution < 1.29 is 14.3 Å². The summed E-state index contributed by atoms with van der Waals surface area (Å²) in [6.45, 7) is 6.87. The average Bonchev–Trinajstić information content (AvgIpc) is 2.90. The topological polar surface area (TPSA) is 45.2 Å². The van der Waals surface area contributed by atoms with E-state index >= 15 is 0 Å². The van der Waals surface area contributed by atoms with Gasteiger partial charge in [0.25, 0.3) is 0 Å². The van der Waals surface area contributed by atoms with Gasteiger partial charge in [0.1, 0.15) is 17.6 Å². The molecule has 0 spiro atoms. The third-order valence-electron chi connectivity index (χ3n) is 5.67. The lowest BCUT2D eigenvalue weighted by atomic mass is 10.2. The van der Waals surface area contributed by atoms with Crippen LogP contribution in [0.3, 0.4) is 0 Å². The highest BCUT2D eigenvalue weighted by Crippen LogP contribution is 2.28. The molecule has 1 saturated heterocycles. The van der Waals surface area contributed by atoms with E-state index < -0.39 is 0 Å². The van der Waals surface area contributed by atoms with E-state index in [9.17, 15) is 4.79 Å². The van der Waals surface area contributed by atoms with Gasteiger partial charge in [-0.15, -0.1) is 0 Å². The third kappa shape index (κ3) is 4.82. The summed E-state index contributed by atoms with van der Waals surface area (Å²) in [4.78, 5) is 19.4. The minimum absolute atomic E-state index is 0.0186. The van der Waals surface area contributed by atoms with Crippen LogP contribution < -0.4 is 14.4 Å². The predicted octanol–water partition coefficient (Wildman–Crippen LogP) is 3.28. The van der Waals surface area contributed by atoms with Crippen LogP contribution in [0.15, 0.2) is 42.5 Å². The number of nitrogens with zero attached hydrogens (tertiary/aromatic N) is 3. The second-order valence-electron chi connectivity index (χ2n) is 7.92. The summed E-state index contributed by atoms with van der Waals surface area (Å²) in [5.74, 6) is 1.87. The van der Waals surface area contributed by atoms with E-state index in [1.165, 1.54) is 0 Å². The Labute approximate surface area is 182 Å². The standard InChI is InChI=1S/C23H28ClN3O3/c1-17-14-25(15-18-12-19(24)6-7-22(18)30-17)16-23(28)27-10-8-26(9-11-27)20-4-3-5-21(13-20)29-2/h3-7,12-13,17H,8-11,14-16H2,1-2H3/t17-/m1/s1. The zero-order valence-corrected chi connectivity index (χ0v) is 18.3. The Bertz CT molecular complexity index is 899. The molecule has 1 amide bonds. The molecule has 0 unspecified atom stereocenters. The lowest BCUT2D eigenvalue weighted by molar-refractivity contribution is -0.133. The Balaban J connectivity index is 1.35. The highest BCUT2D eigenvalue weighted by molar-refractivity contribution is 6.30. The molecule has 2 aromatic carbocycles. The van der Waals surface area contributed by atoms with Crippen LogP contribution in [0.2, 0.25) is 5.02 Å². The molecule has 7 heteroatoms. The fourth-order valence-corrected chi connectivity index (χ4v) is 4.34. The highest BCUT2D eigenvalue weighted by Gasteiger charge is 2.26. The molecule has 2 aromatic rings. The number of amides is 1. The maximum atomic E-state index is 13.0. The summed E-state index contributed by atoms with van der Waals surface area (Å²) in [5.41, 5.74) is 2.16. The second-order valence-corrected chi connectivity index (χ2v) is 8.36. The van der Waals surface area contributed by atoms with Crippen molar-refractivity contribution in [3.63, 3.8) is 0 Å². The van der Waals surface area contributed by atoms with Crippen molar-refractivity contribution in [3.05, 3.63) is 53.1 Å². The Morgan fingerprint density at radius 3 is 2.73 bits per heavy atom. The molecule has 30 heavy (non-hydrogen) atoms. The monoisotopic (exact) mass is 429 g/mol. The molecule has 160 valence electrons. The van der Waals surface area contributed by atoms with Crippen LogP contribution in [0.5, 0.6) is 11.5 Å². The molecule has 1 atom stereocenters. The molecule has 0 saturated carbocycles.